The molecule has 0 aliphatic heterocycles. The molecule has 0 rings (SSSR count). The molecular formula is C4H11NO. The Balaban J connectivity index is 4.40. The molecule has 2 nitrogen and oxygen atoms in total. The third-order valence-electron chi connectivity index (χ3n) is 0.276. The van der Waals surface area contributed by atoms with Gasteiger partial charge in [0.1, 0.15) is 2.82 Å². The summed E-state index contributed by atoms with van der Waals surface area (Å²) >= 11 is 0. The number of hydrogen-bond acceptors (Lipinski definition) is 2. The van der Waals surface area contributed by atoms with E-state index in [2.05, 4.69) is 5.11 Å². The van der Waals surface area contributed by atoms with E-state index in [1.807, 2.05) is 0 Å². The lowest BCUT2D eigenvalue weighted by Crippen LogP contribution is -1.98. The highest BCUT2D eigenvalue weighted by atomic mass is 16.2. The molecule has 38 valence electrons. The van der Waals surface area contributed by atoms with Gasteiger partial charge in [-0.1, -0.05) is 0 Å². The largest absolute Gasteiger partial charge is 0.396 e. The maximum Gasteiger partial charge on any atom is 0.210 e. The van der Waals surface area contributed by atoms with E-state index in [1.54, 1.807) is 0 Å². The van der Waals surface area contributed by atoms with E-state index >= 15 is 0 Å². The molecule has 0 radical (unpaired) electrons. The first-order chi connectivity index (χ1) is 5.73. The van der Waals surface area contributed by atoms with Crippen LogP contribution in [-0.4, -0.2) is 19.7 Å². The van der Waals surface area contributed by atoms with E-state index in [0.29, 0.717) is 0 Å². The van der Waals surface area contributed by atoms with E-state index in [1.165, 1.54) is 0 Å². The van der Waals surface area contributed by atoms with Crippen molar-refractivity contribution in [3.63, 3.8) is 0 Å². The minimum atomic E-state index is -2.39. The predicted octanol–water partition coefficient (Wildman–Crippen LogP) is -0.282. The van der Waals surface area contributed by atoms with Gasteiger partial charge in [-0.25, -0.2) is 0 Å². The lowest BCUT2D eigenvalue weighted by atomic mass is 10.3. The van der Waals surface area contributed by atoms with Gasteiger partial charge >= 0.3 is 0 Å². The van der Waals surface area contributed by atoms with Crippen molar-refractivity contribution in [3.05, 3.63) is 0 Å². The van der Waals surface area contributed by atoms with Crippen LogP contribution in [0, 0.1) is 0 Å². The fraction of sp³-hybridized carbons (Fsp3) is 1.00. The SMILES string of the molecule is [2H]OCC([2H])([2H])C([2H])([2H])CN([2H])[2H]. The molecule has 0 fully saturated rings. The molecule has 0 aromatic carbocycles. The minimum absolute atomic E-state index is 0.0573. The first kappa shape index (κ1) is 1.01. The number of aliphatic hydroxyl groups is 1. The minimum Gasteiger partial charge on any atom is -0.396 e. The summed E-state index contributed by atoms with van der Waals surface area (Å²) in [5.41, 5.74) is 0.0573. The summed E-state index contributed by atoms with van der Waals surface area (Å²) in [6.45, 7) is -1.43. The molecule has 0 amide bonds. The molecule has 0 spiro atoms. The molecule has 3 N–H and O–H groups in total. The first-order valence-electron chi connectivity index (χ1n) is 4.86. The standard InChI is InChI=1S/C4H11NO/c5-3-1-2-4-6/h6H,1-5H2/i1D2,2D2,6D/hD2. The second-order valence-electron chi connectivity index (χ2n) is 0.656. The van der Waals surface area contributed by atoms with E-state index in [-0.39, 0.29) is 5.72 Å². The Labute approximate surface area is 48.0 Å². The van der Waals surface area contributed by atoms with Crippen molar-refractivity contribution in [2.24, 2.45) is 5.72 Å². The Hall–Kier alpha value is -0.0800. The Morgan fingerprint density at radius 3 is 3.67 bits per heavy atom. The van der Waals surface area contributed by atoms with Crippen LogP contribution < -0.4 is 5.72 Å². The fourth-order valence-electron chi connectivity index (χ4n) is 0.107. The Kier molecular flexibility index (Phi) is 0.827. The van der Waals surface area contributed by atoms with Crippen LogP contribution in [-0.2, 0) is 0 Å². The van der Waals surface area contributed by atoms with Gasteiger partial charge in [-0.15, -0.1) is 0 Å². The molecule has 0 bridgehead atoms. The topological polar surface area (TPSA) is 46.2 Å². The molecular weight excluding hydrogens is 78.0 g/mol. The summed E-state index contributed by atoms with van der Waals surface area (Å²) in [6.07, 6.45) is -4.77. The molecule has 0 aromatic heterocycles. The van der Waals surface area contributed by atoms with Gasteiger partial charge in [0.2, 0.25) is 1.43 Å². The molecule has 2 heteroatoms. The number of aliphatic hydroxyl groups excluding tert-OH is 1. The highest BCUT2D eigenvalue weighted by Crippen LogP contribution is 1.79. The van der Waals surface area contributed by atoms with Crippen molar-refractivity contribution >= 4 is 0 Å². The van der Waals surface area contributed by atoms with Crippen molar-refractivity contribution in [2.75, 3.05) is 13.2 Å². The van der Waals surface area contributed by atoms with Crippen LogP contribution in [0.3, 0.4) is 0 Å². The van der Waals surface area contributed by atoms with Gasteiger partial charge in [0.25, 0.3) is 0 Å². The van der Waals surface area contributed by atoms with Crippen LogP contribution in [0.25, 0.3) is 0 Å². The Morgan fingerprint density at radius 2 is 3.00 bits per heavy atom. The Bertz CT molecular complexity index is 161. The van der Waals surface area contributed by atoms with Crippen molar-refractivity contribution in [1.82, 2.24) is 0 Å². The van der Waals surface area contributed by atoms with Crippen molar-refractivity contribution in [1.29, 1.82) is 1.43 Å². The first-order valence-corrected chi connectivity index (χ1v) is 1.56. The summed E-state index contributed by atoms with van der Waals surface area (Å²) in [5, 5.41) is 3.77. The predicted molar refractivity (Wildman–Crippen MR) is 25.4 cm³/mol. The quantitative estimate of drug-likeness (QED) is 0.494. The molecule has 6 heavy (non-hydrogen) atoms. The van der Waals surface area contributed by atoms with E-state index in [4.69, 9.17) is 9.74 Å². The zero-order valence-corrected chi connectivity index (χ0v) is 3.27. The number of nitrogens with two attached hydrogens (primary N) is 1. The second kappa shape index (κ2) is 4.92. The second-order valence-corrected chi connectivity index (χ2v) is 0.656. The summed E-state index contributed by atoms with van der Waals surface area (Å²) in [5.74, 6) is 0. The number of hydrogen-bond donors (Lipinski definition) is 2. The van der Waals surface area contributed by atoms with Gasteiger partial charge in [0, 0.05) is 12.1 Å². The molecule has 0 heterocycles. The summed E-state index contributed by atoms with van der Waals surface area (Å²) in [6, 6.07) is 0. The molecule has 0 unspecified atom stereocenters. The third-order valence-corrected chi connectivity index (χ3v) is 0.276. The van der Waals surface area contributed by atoms with E-state index in [9.17, 15) is 0 Å². The van der Waals surface area contributed by atoms with Gasteiger partial charge < -0.3 is 10.8 Å². The van der Waals surface area contributed by atoms with Crippen molar-refractivity contribution in [2.45, 2.75) is 12.7 Å². The van der Waals surface area contributed by atoms with Crippen LogP contribution in [0.5, 0.6) is 0 Å². The average molecular weight is 96.2 g/mol. The lowest BCUT2D eigenvalue weighted by molar-refractivity contribution is 0.285. The fourth-order valence-corrected chi connectivity index (χ4v) is 0.107. The third kappa shape index (κ3) is 3.92. The normalized spacial score (nSPS) is 31.2. The average Bonchev–Trinajstić information content (AvgIpc) is 1.82. The summed E-state index contributed by atoms with van der Waals surface area (Å²) in [7, 11) is 0. The van der Waals surface area contributed by atoms with Gasteiger partial charge in [-0.2, -0.15) is 0 Å². The van der Waals surface area contributed by atoms with Crippen LogP contribution in [0.4, 0.5) is 0 Å². The summed E-state index contributed by atoms with van der Waals surface area (Å²) < 4.78 is 48.4. The maximum atomic E-state index is 7.21. The zero-order chi connectivity index (χ0) is 10.7. The Morgan fingerprint density at radius 1 is 2.00 bits per heavy atom. The lowest BCUT2D eigenvalue weighted by Gasteiger charge is -1.86. The van der Waals surface area contributed by atoms with Crippen LogP contribution >= 0.6 is 0 Å². The maximum absolute atomic E-state index is 7.21. The molecule has 0 atom stereocenters. The van der Waals surface area contributed by atoms with Crippen molar-refractivity contribution < 1.29 is 13.4 Å². The smallest absolute Gasteiger partial charge is 0.210 e. The zero-order valence-electron chi connectivity index (χ0n) is 10.3. The highest BCUT2D eigenvalue weighted by molar-refractivity contribution is 4.34. The van der Waals surface area contributed by atoms with E-state index < -0.39 is 25.9 Å². The molecule has 0 saturated heterocycles. The van der Waals surface area contributed by atoms with Gasteiger partial charge in [-0.05, 0) is 19.3 Å². The van der Waals surface area contributed by atoms with E-state index in [0.717, 1.165) is 0 Å². The highest BCUT2D eigenvalue weighted by Gasteiger charge is 1.76. The molecule has 0 aliphatic rings. The summed E-state index contributed by atoms with van der Waals surface area (Å²) in [4.78, 5) is 0. The number of rotatable bonds is 5. The van der Waals surface area contributed by atoms with Gasteiger partial charge in [-0.3, -0.25) is 0 Å². The van der Waals surface area contributed by atoms with Gasteiger partial charge in [0.15, 0.2) is 0 Å². The van der Waals surface area contributed by atoms with Crippen LogP contribution in [0.15, 0.2) is 0 Å². The molecule has 0 aliphatic carbocycles. The van der Waals surface area contributed by atoms with Crippen molar-refractivity contribution in [3.8, 4) is 0 Å². The van der Waals surface area contributed by atoms with Crippen LogP contribution in [0.1, 0.15) is 18.2 Å². The molecule has 0 saturated carbocycles. The monoisotopic (exact) mass is 96.1 g/mol. The van der Waals surface area contributed by atoms with Gasteiger partial charge in [0.05, 0.1) is 0 Å². The molecule has 0 aromatic rings. The van der Waals surface area contributed by atoms with Crippen LogP contribution in [0.2, 0.25) is 2.82 Å².